The SMILES string of the molecule is CC1CN(C(=O)N2CCCC(C(=O)O)C2)C(C)CO1. The Labute approximate surface area is 113 Å². The molecule has 3 atom stereocenters. The van der Waals surface area contributed by atoms with Crippen molar-refractivity contribution in [3.05, 3.63) is 0 Å². The number of nitrogens with zero attached hydrogens (tertiary/aromatic N) is 2. The maximum absolute atomic E-state index is 12.5. The molecule has 0 bridgehead atoms. The molecule has 6 heteroatoms. The van der Waals surface area contributed by atoms with Gasteiger partial charge in [0.1, 0.15) is 0 Å². The molecule has 0 aromatic rings. The number of likely N-dealkylation sites (tertiary alicyclic amines) is 1. The van der Waals surface area contributed by atoms with Crippen molar-refractivity contribution in [2.24, 2.45) is 5.92 Å². The van der Waals surface area contributed by atoms with E-state index in [-0.39, 0.29) is 18.2 Å². The molecule has 2 fully saturated rings. The van der Waals surface area contributed by atoms with E-state index >= 15 is 0 Å². The highest BCUT2D eigenvalue weighted by molar-refractivity contribution is 5.77. The lowest BCUT2D eigenvalue weighted by atomic mass is 9.98. The minimum absolute atomic E-state index is 0.0419. The number of carbonyl (C=O) groups excluding carboxylic acids is 1. The molecule has 2 aliphatic heterocycles. The molecule has 2 aliphatic rings. The van der Waals surface area contributed by atoms with Crippen LogP contribution in [0.2, 0.25) is 0 Å². The Morgan fingerprint density at radius 1 is 1.26 bits per heavy atom. The predicted octanol–water partition coefficient (Wildman–Crippen LogP) is 1.01. The first-order valence-electron chi connectivity index (χ1n) is 6.89. The zero-order chi connectivity index (χ0) is 14.0. The molecular formula is C13H22N2O4. The van der Waals surface area contributed by atoms with E-state index in [1.807, 2.05) is 13.8 Å². The van der Waals surface area contributed by atoms with Gasteiger partial charge >= 0.3 is 12.0 Å². The second-order valence-electron chi connectivity index (χ2n) is 5.55. The summed E-state index contributed by atoms with van der Waals surface area (Å²) in [5.74, 6) is -1.23. The highest BCUT2D eigenvalue weighted by Crippen LogP contribution is 2.20. The second kappa shape index (κ2) is 5.77. The van der Waals surface area contributed by atoms with Crippen LogP contribution in [0.3, 0.4) is 0 Å². The predicted molar refractivity (Wildman–Crippen MR) is 68.9 cm³/mol. The normalized spacial score (nSPS) is 32.2. The van der Waals surface area contributed by atoms with Crippen molar-refractivity contribution in [2.45, 2.75) is 38.8 Å². The van der Waals surface area contributed by atoms with Crippen LogP contribution in [0.15, 0.2) is 0 Å². The third kappa shape index (κ3) is 3.18. The molecule has 3 unspecified atom stereocenters. The maximum Gasteiger partial charge on any atom is 0.320 e. The first-order valence-corrected chi connectivity index (χ1v) is 6.89. The number of hydrogen-bond acceptors (Lipinski definition) is 3. The average Bonchev–Trinajstić information content (AvgIpc) is 2.41. The minimum Gasteiger partial charge on any atom is -0.481 e. The summed E-state index contributed by atoms with van der Waals surface area (Å²) in [5.41, 5.74) is 0. The van der Waals surface area contributed by atoms with Gasteiger partial charge in [0.15, 0.2) is 0 Å². The number of aliphatic carboxylic acids is 1. The molecule has 1 N–H and O–H groups in total. The molecular weight excluding hydrogens is 248 g/mol. The molecule has 2 saturated heterocycles. The summed E-state index contributed by atoms with van der Waals surface area (Å²) >= 11 is 0. The number of carboxylic acid groups (broad SMARTS) is 1. The highest BCUT2D eigenvalue weighted by atomic mass is 16.5. The summed E-state index contributed by atoms with van der Waals surface area (Å²) < 4.78 is 5.51. The Balaban J connectivity index is 2.00. The lowest BCUT2D eigenvalue weighted by Gasteiger charge is -2.41. The van der Waals surface area contributed by atoms with Crippen LogP contribution >= 0.6 is 0 Å². The van der Waals surface area contributed by atoms with Crippen LogP contribution in [0.1, 0.15) is 26.7 Å². The number of morpholine rings is 1. The van der Waals surface area contributed by atoms with Crippen LogP contribution in [0.4, 0.5) is 4.79 Å². The summed E-state index contributed by atoms with van der Waals surface area (Å²) in [6.45, 7) is 6.01. The fourth-order valence-electron chi connectivity index (χ4n) is 2.70. The summed E-state index contributed by atoms with van der Waals surface area (Å²) in [6, 6.07) is 0.00232. The van der Waals surface area contributed by atoms with Gasteiger partial charge in [-0.05, 0) is 26.7 Å². The maximum atomic E-state index is 12.5. The molecule has 0 aromatic heterocycles. The van der Waals surface area contributed by atoms with Crippen LogP contribution in [0, 0.1) is 5.92 Å². The quantitative estimate of drug-likeness (QED) is 0.772. The standard InChI is InChI=1S/C13H22N2O4/c1-9-8-19-10(2)6-15(9)13(18)14-5-3-4-11(7-14)12(16)17/h9-11H,3-8H2,1-2H3,(H,16,17). The zero-order valence-corrected chi connectivity index (χ0v) is 11.5. The molecule has 19 heavy (non-hydrogen) atoms. The number of carboxylic acids is 1. The summed E-state index contributed by atoms with van der Waals surface area (Å²) in [6.07, 6.45) is 1.46. The molecule has 0 aliphatic carbocycles. The van der Waals surface area contributed by atoms with Crippen molar-refractivity contribution >= 4 is 12.0 Å². The number of carbonyl (C=O) groups is 2. The van der Waals surface area contributed by atoms with E-state index < -0.39 is 11.9 Å². The first kappa shape index (κ1) is 14.1. The van der Waals surface area contributed by atoms with Crippen LogP contribution in [-0.4, -0.2) is 65.3 Å². The van der Waals surface area contributed by atoms with Gasteiger partial charge in [0.05, 0.1) is 24.7 Å². The second-order valence-corrected chi connectivity index (χ2v) is 5.55. The largest absolute Gasteiger partial charge is 0.481 e. The molecule has 2 rings (SSSR count). The summed E-state index contributed by atoms with van der Waals surface area (Å²) in [4.78, 5) is 27.0. The van der Waals surface area contributed by atoms with Gasteiger partial charge in [-0.25, -0.2) is 4.79 Å². The lowest BCUT2D eigenvalue weighted by Crippen LogP contribution is -2.56. The van der Waals surface area contributed by atoms with E-state index in [9.17, 15) is 9.59 Å². The third-order valence-electron chi connectivity index (χ3n) is 3.89. The Morgan fingerprint density at radius 2 is 2.00 bits per heavy atom. The van der Waals surface area contributed by atoms with Crippen LogP contribution in [0.5, 0.6) is 0 Å². The molecule has 2 heterocycles. The fourth-order valence-corrected chi connectivity index (χ4v) is 2.70. The van der Waals surface area contributed by atoms with Gasteiger partial charge in [0.25, 0.3) is 0 Å². The van der Waals surface area contributed by atoms with Crippen molar-refractivity contribution in [1.82, 2.24) is 9.80 Å². The Kier molecular flexibility index (Phi) is 4.29. The summed E-state index contributed by atoms with van der Waals surface area (Å²) in [5, 5.41) is 9.07. The van der Waals surface area contributed by atoms with Crippen molar-refractivity contribution in [3.63, 3.8) is 0 Å². The fraction of sp³-hybridized carbons (Fsp3) is 0.846. The number of hydrogen-bond donors (Lipinski definition) is 1. The number of rotatable bonds is 1. The molecule has 108 valence electrons. The topological polar surface area (TPSA) is 70.1 Å². The van der Waals surface area contributed by atoms with Crippen molar-refractivity contribution < 1.29 is 19.4 Å². The van der Waals surface area contributed by atoms with Crippen molar-refractivity contribution in [3.8, 4) is 0 Å². The van der Waals surface area contributed by atoms with E-state index in [2.05, 4.69) is 0 Å². The van der Waals surface area contributed by atoms with Gasteiger partial charge in [-0.3, -0.25) is 4.79 Å². The Hall–Kier alpha value is -1.30. The van der Waals surface area contributed by atoms with Crippen molar-refractivity contribution in [1.29, 1.82) is 0 Å². The molecule has 0 aromatic carbocycles. The smallest absolute Gasteiger partial charge is 0.320 e. The first-order chi connectivity index (χ1) is 8.99. The van der Waals surface area contributed by atoms with Gasteiger partial charge < -0.3 is 19.6 Å². The third-order valence-corrected chi connectivity index (χ3v) is 3.89. The number of urea groups is 1. The minimum atomic E-state index is -0.805. The van der Waals surface area contributed by atoms with Gasteiger partial charge in [0.2, 0.25) is 0 Å². The average molecular weight is 270 g/mol. The van der Waals surface area contributed by atoms with Gasteiger partial charge in [-0.2, -0.15) is 0 Å². The van der Waals surface area contributed by atoms with Gasteiger partial charge in [0, 0.05) is 19.6 Å². The molecule has 0 spiro atoms. The molecule has 0 radical (unpaired) electrons. The number of ether oxygens (including phenoxy) is 1. The van der Waals surface area contributed by atoms with E-state index in [0.717, 1.165) is 6.42 Å². The number of amides is 2. The van der Waals surface area contributed by atoms with E-state index in [1.165, 1.54) is 0 Å². The van der Waals surface area contributed by atoms with Crippen LogP contribution < -0.4 is 0 Å². The molecule has 6 nitrogen and oxygen atoms in total. The van der Waals surface area contributed by atoms with E-state index in [0.29, 0.717) is 32.7 Å². The number of piperidine rings is 1. The Bertz CT molecular complexity index is 361. The van der Waals surface area contributed by atoms with E-state index in [1.54, 1.807) is 9.80 Å². The highest BCUT2D eigenvalue weighted by Gasteiger charge is 2.34. The Morgan fingerprint density at radius 3 is 2.68 bits per heavy atom. The van der Waals surface area contributed by atoms with Crippen LogP contribution in [-0.2, 0) is 9.53 Å². The zero-order valence-electron chi connectivity index (χ0n) is 11.5. The van der Waals surface area contributed by atoms with Gasteiger partial charge in [-0.1, -0.05) is 0 Å². The lowest BCUT2D eigenvalue weighted by molar-refractivity contribution is -0.143. The molecule has 2 amide bonds. The van der Waals surface area contributed by atoms with Gasteiger partial charge in [-0.15, -0.1) is 0 Å². The van der Waals surface area contributed by atoms with E-state index in [4.69, 9.17) is 9.84 Å². The summed E-state index contributed by atoms with van der Waals surface area (Å²) in [7, 11) is 0. The monoisotopic (exact) mass is 270 g/mol. The van der Waals surface area contributed by atoms with Crippen LogP contribution in [0.25, 0.3) is 0 Å². The van der Waals surface area contributed by atoms with Crippen molar-refractivity contribution in [2.75, 3.05) is 26.2 Å². The molecule has 0 saturated carbocycles.